The molecule has 294 valence electrons. The minimum Gasteiger partial charge on any atom is -0.497 e. The molecule has 3 aromatic rings. The van der Waals surface area contributed by atoms with Gasteiger partial charge in [-0.05, 0) is 77.3 Å². The highest BCUT2D eigenvalue weighted by Gasteiger charge is 2.61. The molecule has 1 saturated heterocycles. The first-order valence-electron chi connectivity index (χ1n) is 19.4. The first-order chi connectivity index (χ1) is 26.5. The van der Waals surface area contributed by atoms with Gasteiger partial charge in [0.15, 0.2) is 5.13 Å². The van der Waals surface area contributed by atoms with Crippen LogP contribution in [0.1, 0.15) is 84.5 Å². The summed E-state index contributed by atoms with van der Waals surface area (Å²) in [6.45, 7) is 4.11. The number of anilines is 1. The Kier molecular flexibility index (Phi) is 11.5. The van der Waals surface area contributed by atoms with Gasteiger partial charge in [0.1, 0.15) is 47.0 Å². The van der Waals surface area contributed by atoms with Gasteiger partial charge in [-0.2, -0.15) is 0 Å². The topological polar surface area (TPSA) is 181 Å². The molecule has 7 rings (SSSR count). The number of hydrogen-bond acceptors (Lipinski definition) is 11. The van der Waals surface area contributed by atoms with E-state index in [9.17, 15) is 24.3 Å². The Bertz CT molecular complexity index is 1940. The van der Waals surface area contributed by atoms with E-state index in [0.29, 0.717) is 46.6 Å². The van der Waals surface area contributed by atoms with Gasteiger partial charge >= 0.3 is 12.1 Å². The number of aromatic nitrogens is 2. The minimum absolute atomic E-state index is 0.0324. The number of alkyl carbamates (subject to hydrolysis) is 1. The van der Waals surface area contributed by atoms with E-state index in [1.807, 2.05) is 55.6 Å². The Labute approximate surface area is 324 Å². The maximum Gasteiger partial charge on any atom is 0.408 e. The summed E-state index contributed by atoms with van der Waals surface area (Å²) in [6.07, 6.45) is 9.71. The summed E-state index contributed by atoms with van der Waals surface area (Å²) in [5.41, 5.74) is 0.394. The third kappa shape index (κ3) is 8.66. The number of methoxy groups -OCH3 is 1. The maximum atomic E-state index is 14.5. The number of fused-ring (bicyclic) bond motifs is 3. The lowest BCUT2D eigenvalue weighted by atomic mass is 10.0. The maximum absolute atomic E-state index is 14.5. The number of allylic oxidation sites excluding steroid dienone is 1. The number of amides is 3. The SMILES string of the molecule is COc1ccc2c(OC3C[C@H]4C(=O)N[C@]5(C(=O)O)C[C@@H]5/C=C\CCCCC[C@H](NC(=O)OC5CCCC5)C(=O)N4C3)cc(-c3csc(NC(C)C)n3)nc2c1. The fraction of sp³-hybridized carbons (Fsp3) is 0.550. The normalized spacial score (nSPS) is 26.7. The van der Waals surface area contributed by atoms with Gasteiger partial charge < -0.3 is 40.2 Å². The Morgan fingerprint density at radius 2 is 1.84 bits per heavy atom. The predicted octanol–water partition coefficient (Wildman–Crippen LogP) is 6.05. The van der Waals surface area contributed by atoms with E-state index in [4.69, 9.17) is 24.2 Å². The zero-order chi connectivity index (χ0) is 38.7. The molecule has 3 amide bonds. The van der Waals surface area contributed by atoms with Crippen molar-refractivity contribution in [1.29, 1.82) is 0 Å². The van der Waals surface area contributed by atoms with E-state index in [-0.39, 0.29) is 37.5 Å². The van der Waals surface area contributed by atoms with Crippen molar-refractivity contribution in [3.05, 3.63) is 41.8 Å². The lowest BCUT2D eigenvalue weighted by molar-refractivity contribution is -0.145. The van der Waals surface area contributed by atoms with Crippen molar-refractivity contribution < 1.29 is 38.5 Å². The average molecular weight is 775 g/mol. The molecule has 1 unspecified atom stereocenters. The van der Waals surface area contributed by atoms with Gasteiger partial charge in [-0.15, -0.1) is 11.3 Å². The number of rotatable bonds is 9. The lowest BCUT2D eigenvalue weighted by Crippen LogP contribution is -2.56. The van der Waals surface area contributed by atoms with E-state index >= 15 is 0 Å². The highest BCUT2D eigenvalue weighted by molar-refractivity contribution is 7.14. The van der Waals surface area contributed by atoms with E-state index in [1.54, 1.807) is 7.11 Å². The van der Waals surface area contributed by atoms with Crippen LogP contribution in [0.3, 0.4) is 0 Å². The molecular formula is C40H50N6O8S. The zero-order valence-electron chi connectivity index (χ0n) is 31.5. The van der Waals surface area contributed by atoms with Gasteiger partial charge in [0, 0.05) is 41.3 Å². The summed E-state index contributed by atoms with van der Waals surface area (Å²) in [5, 5.41) is 22.6. The molecular weight excluding hydrogens is 725 g/mol. The van der Waals surface area contributed by atoms with Crippen LogP contribution < -0.4 is 25.4 Å². The number of ether oxygens (including phenoxy) is 3. The second-order valence-electron chi connectivity index (χ2n) is 15.4. The summed E-state index contributed by atoms with van der Waals surface area (Å²) in [4.78, 5) is 65.5. The Balaban J connectivity index is 1.20. The molecule has 0 bridgehead atoms. The Morgan fingerprint density at radius 3 is 2.60 bits per heavy atom. The van der Waals surface area contributed by atoms with Crippen molar-refractivity contribution >= 4 is 51.2 Å². The second kappa shape index (κ2) is 16.4. The molecule has 0 radical (unpaired) electrons. The van der Waals surface area contributed by atoms with Crippen molar-refractivity contribution in [2.45, 2.75) is 120 Å². The summed E-state index contributed by atoms with van der Waals surface area (Å²) in [7, 11) is 1.58. The van der Waals surface area contributed by atoms with Gasteiger partial charge in [-0.3, -0.25) is 9.59 Å². The van der Waals surface area contributed by atoms with Crippen LogP contribution in [0.2, 0.25) is 0 Å². The van der Waals surface area contributed by atoms with E-state index in [2.05, 4.69) is 16.0 Å². The smallest absolute Gasteiger partial charge is 0.408 e. The largest absolute Gasteiger partial charge is 0.497 e. The van der Waals surface area contributed by atoms with Crippen molar-refractivity contribution in [2.75, 3.05) is 19.0 Å². The molecule has 4 heterocycles. The average Bonchev–Trinajstić information content (AvgIpc) is 3.58. The monoisotopic (exact) mass is 774 g/mol. The molecule has 3 fully saturated rings. The number of carbonyl (C=O) groups excluding carboxylic acids is 3. The van der Waals surface area contributed by atoms with Gasteiger partial charge in [-0.1, -0.05) is 25.0 Å². The van der Waals surface area contributed by atoms with Gasteiger partial charge in [0.2, 0.25) is 11.8 Å². The van der Waals surface area contributed by atoms with Crippen LogP contribution in [0, 0.1) is 5.92 Å². The minimum atomic E-state index is -1.45. The number of carboxylic acid groups (broad SMARTS) is 1. The van der Waals surface area contributed by atoms with Crippen LogP contribution in [-0.4, -0.2) is 93.4 Å². The number of nitrogens with one attached hydrogen (secondary N) is 3. The fourth-order valence-corrected chi connectivity index (χ4v) is 8.75. The highest BCUT2D eigenvalue weighted by atomic mass is 32.1. The van der Waals surface area contributed by atoms with E-state index in [1.165, 1.54) is 16.2 Å². The molecule has 15 heteroatoms. The number of hydrogen-bond donors (Lipinski definition) is 4. The molecule has 1 aromatic carbocycles. The van der Waals surface area contributed by atoms with Gasteiger partial charge in [-0.25, -0.2) is 19.6 Å². The number of pyridine rings is 1. The Morgan fingerprint density at radius 1 is 1.04 bits per heavy atom. The standard InChI is InChI=1S/C40H50N6O8S/c1-23(2)41-38-43-32(22-55-38)31-19-34(28-16-15-26(52-3)17-30(28)42-31)53-27-18-33-35(47)45-40(37(49)50)20-24(40)11-7-5-4-6-8-14-29(36(48)46(33)21-27)44-39(51)54-25-12-9-10-13-25/h7,11,15-17,19,22-25,27,29,33H,4-6,8-10,12-14,18,20-21H2,1-3H3,(H,41,43)(H,44,51)(H,45,47)(H,49,50)/b11-7-/t24-,27?,29-,33-,40+/m0/s1. The molecule has 14 nitrogen and oxygen atoms in total. The molecule has 5 atom stereocenters. The molecule has 2 aliphatic heterocycles. The van der Waals surface area contributed by atoms with Gasteiger partial charge in [0.25, 0.3) is 0 Å². The number of aliphatic carboxylic acids is 1. The van der Waals surface area contributed by atoms with Crippen LogP contribution in [0.15, 0.2) is 41.8 Å². The van der Waals surface area contributed by atoms with Crippen molar-refractivity contribution in [1.82, 2.24) is 25.5 Å². The number of thiazole rings is 1. The number of carboxylic acids is 1. The highest BCUT2D eigenvalue weighted by Crippen LogP contribution is 2.45. The van der Waals surface area contributed by atoms with Gasteiger partial charge in [0.05, 0.1) is 24.9 Å². The third-order valence-corrected chi connectivity index (χ3v) is 11.7. The van der Waals surface area contributed by atoms with Crippen LogP contribution in [0.25, 0.3) is 22.3 Å². The van der Waals surface area contributed by atoms with Crippen LogP contribution in [-0.2, 0) is 19.1 Å². The molecule has 2 saturated carbocycles. The van der Waals surface area contributed by atoms with Crippen LogP contribution in [0.4, 0.5) is 9.93 Å². The molecule has 4 N–H and O–H groups in total. The summed E-state index contributed by atoms with van der Waals surface area (Å²) in [5.74, 6) is -1.37. The van der Waals surface area contributed by atoms with Crippen molar-refractivity contribution in [3.8, 4) is 22.9 Å². The lowest BCUT2D eigenvalue weighted by Gasteiger charge is -2.29. The molecule has 55 heavy (non-hydrogen) atoms. The van der Waals surface area contributed by atoms with Crippen LogP contribution in [0.5, 0.6) is 11.5 Å². The summed E-state index contributed by atoms with van der Waals surface area (Å²) < 4.78 is 17.9. The molecule has 2 aromatic heterocycles. The Hall–Kier alpha value is -4.92. The number of nitrogens with zero attached hydrogens (tertiary/aromatic N) is 3. The molecule has 2 aliphatic carbocycles. The molecule has 4 aliphatic rings. The van der Waals surface area contributed by atoms with E-state index in [0.717, 1.165) is 50.1 Å². The van der Waals surface area contributed by atoms with Crippen LogP contribution >= 0.6 is 11.3 Å². The number of benzene rings is 1. The zero-order valence-corrected chi connectivity index (χ0v) is 32.4. The second-order valence-corrected chi connectivity index (χ2v) is 16.2. The third-order valence-electron chi connectivity index (χ3n) is 10.9. The van der Waals surface area contributed by atoms with E-state index < -0.39 is 47.6 Å². The van der Waals surface area contributed by atoms with Crippen molar-refractivity contribution in [3.63, 3.8) is 0 Å². The molecule has 0 spiro atoms. The predicted molar refractivity (Wildman–Crippen MR) is 207 cm³/mol. The quantitative estimate of drug-likeness (QED) is 0.186. The summed E-state index contributed by atoms with van der Waals surface area (Å²) >= 11 is 1.47. The number of carbonyl (C=O) groups is 4. The first kappa shape index (κ1) is 38.4. The summed E-state index contributed by atoms with van der Waals surface area (Å²) in [6, 6.07) is 5.50. The fourth-order valence-electron chi connectivity index (χ4n) is 7.90. The van der Waals surface area contributed by atoms with Crippen molar-refractivity contribution in [2.24, 2.45) is 5.92 Å². The first-order valence-corrected chi connectivity index (χ1v) is 20.3.